The monoisotopic (exact) mass is 201 g/mol. The van der Waals surface area contributed by atoms with E-state index in [0.717, 1.165) is 16.7 Å². The lowest BCUT2D eigenvalue weighted by Crippen LogP contribution is -2.04. The van der Waals surface area contributed by atoms with E-state index >= 15 is 0 Å². The highest BCUT2D eigenvalue weighted by molar-refractivity contribution is 5.88. The van der Waals surface area contributed by atoms with Crippen LogP contribution in [0, 0.1) is 0 Å². The largest absolute Gasteiger partial charge is 0.496 e. The van der Waals surface area contributed by atoms with Crippen LogP contribution in [0.15, 0.2) is 36.4 Å². The van der Waals surface area contributed by atoms with Crippen LogP contribution >= 0.6 is 0 Å². The molecule has 0 bridgehead atoms. The smallest absolute Gasteiger partial charge is 0.126 e. The Bertz CT molecular complexity index is 477. The predicted octanol–water partition coefficient (Wildman–Crippen LogP) is 2.87. The zero-order valence-electron chi connectivity index (χ0n) is 9.03. The van der Waals surface area contributed by atoms with Crippen LogP contribution in [0.1, 0.15) is 18.5 Å². The van der Waals surface area contributed by atoms with Gasteiger partial charge in [0, 0.05) is 11.4 Å². The van der Waals surface area contributed by atoms with E-state index in [0.29, 0.717) is 0 Å². The highest BCUT2D eigenvalue weighted by Gasteiger charge is 2.03. The molecule has 2 heteroatoms. The SMILES string of the molecule is COc1cccc2cc(C(C)N)ccc12. The average molecular weight is 201 g/mol. The van der Waals surface area contributed by atoms with Crippen LogP contribution < -0.4 is 10.5 Å². The van der Waals surface area contributed by atoms with Gasteiger partial charge < -0.3 is 10.5 Å². The Morgan fingerprint density at radius 3 is 2.67 bits per heavy atom. The molecular formula is C13H15NO. The molecule has 2 aromatic carbocycles. The van der Waals surface area contributed by atoms with Crippen LogP contribution in [0.4, 0.5) is 0 Å². The van der Waals surface area contributed by atoms with E-state index in [2.05, 4.69) is 24.3 Å². The summed E-state index contributed by atoms with van der Waals surface area (Å²) in [5, 5.41) is 2.30. The molecule has 0 aliphatic heterocycles. The molecule has 78 valence electrons. The lowest BCUT2D eigenvalue weighted by molar-refractivity contribution is 0.420. The van der Waals surface area contributed by atoms with E-state index in [1.807, 2.05) is 19.1 Å². The van der Waals surface area contributed by atoms with Crippen molar-refractivity contribution in [1.82, 2.24) is 0 Å². The van der Waals surface area contributed by atoms with Crippen molar-refractivity contribution in [3.8, 4) is 5.75 Å². The maximum absolute atomic E-state index is 5.84. The average Bonchev–Trinajstić information content (AvgIpc) is 2.27. The molecule has 0 radical (unpaired) electrons. The second kappa shape index (κ2) is 3.91. The van der Waals surface area contributed by atoms with Gasteiger partial charge in [-0.1, -0.05) is 24.3 Å². The molecular weight excluding hydrogens is 186 g/mol. The minimum Gasteiger partial charge on any atom is -0.496 e. The van der Waals surface area contributed by atoms with Crippen LogP contribution in [0.2, 0.25) is 0 Å². The van der Waals surface area contributed by atoms with Crippen molar-refractivity contribution in [1.29, 1.82) is 0 Å². The molecule has 2 aromatic rings. The van der Waals surface area contributed by atoms with Crippen LogP contribution in [0.5, 0.6) is 5.75 Å². The summed E-state index contributed by atoms with van der Waals surface area (Å²) in [5.74, 6) is 0.906. The van der Waals surface area contributed by atoms with Gasteiger partial charge in [-0.15, -0.1) is 0 Å². The minimum absolute atomic E-state index is 0.0700. The van der Waals surface area contributed by atoms with E-state index < -0.39 is 0 Å². The second-order valence-electron chi connectivity index (χ2n) is 3.73. The van der Waals surface area contributed by atoms with Crippen molar-refractivity contribution in [3.63, 3.8) is 0 Å². The molecule has 0 aliphatic carbocycles. The highest BCUT2D eigenvalue weighted by Crippen LogP contribution is 2.27. The highest BCUT2D eigenvalue weighted by atomic mass is 16.5. The first-order valence-corrected chi connectivity index (χ1v) is 5.04. The van der Waals surface area contributed by atoms with E-state index in [1.165, 1.54) is 5.39 Å². The van der Waals surface area contributed by atoms with Crippen molar-refractivity contribution in [2.24, 2.45) is 5.73 Å². The molecule has 0 amide bonds. The molecule has 1 atom stereocenters. The molecule has 0 heterocycles. The van der Waals surface area contributed by atoms with E-state index in [1.54, 1.807) is 7.11 Å². The first kappa shape index (κ1) is 9.99. The lowest BCUT2D eigenvalue weighted by Gasteiger charge is -2.09. The first-order valence-electron chi connectivity index (χ1n) is 5.04. The fourth-order valence-electron chi connectivity index (χ4n) is 1.73. The Morgan fingerprint density at radius 1 is 1.20 bits per heavy atom. The zero-order chi connectivity index (χ0) is 10.8. The summed E-state index contributed by atoms with van der Waals surface area (Å²) in [7, 11) is 1.69. The molecule has 0 saturated carbocycles. The maximum Gasteiger partial charge on any atom is 0.126 e. The summed E-state index contributed by atoms with van der Waals surface area (Å²) >= 11 is 0. The molecule has 2 N–H and O–H groups in total. The lowest BCUT2D eigenvalue weighted by atomic mass is 10.0. The number of benzene rings is 2. The maximum atomic E-state index is 5.84. The van der Waals surface area contributed by atoms with Crippen molar-refractivity contribution in [2.45, 2.75) is 13.0 Å². The molecule has 15 heavy (non-hydrogen) atoms. The van der Waals surface area contributed by atoms with Gasteiger partial charge in [-0.25, -0.2) is 0 Å². The van der Waals surface area contributed by atoms with Crippen LogP contribution in [-0.4, -0.2) is 7.11 Å². The third-order valence-corrected chi connectivity index (χ3v) is 2.61. The standard InChI is InChI=1S/C13H15NO/c1-9(14)10-6-7-12-11(8-10)4-3-5-13(12)15-2/h3-9H,14H2,1-2H3. The molecule has 2 rings (SSSR count). The number of nitrogens with two attached hydrogens (primary N) is 1. The molecule has 0 fully saturated rings. The number of hydrogen-bond acceptors (Lipinski definition) is 2. The number of methoxy groups -OCH3 is 1. The van der Waals surface area contributed by atoms with E-state index in [9.17, 15) is 0 Å². The molecule has 0 spiro atoms. The normalized spacial score (nSPS) is 12.7. The number of fused-ring (bicyclic) bond motifs is 1. The molecule has 0 saturated heterocycles. The van der Waals surface area contributed by atoms with Crippen molar-refractivity contribution in [2.75, 3.05) is 7.11 Å². The van der Waals surface area contributed by atoms with Gasteiger partial charge in [0.1, 0.15) is 5.75 Å². The predicted molar refractivity (Wildman–Crippen MR) is 63.1 cm³/mol. The molecule has 2 nitrogen and oxygen atoms in total. The quantitative estimate of drug-likeness (QED) is 0.810. The number of rotatable bonds is 2. The Kier molecular flexibility index (Phi) is 2.60. The Labute approximate surface area is 89.7 Å². The first-order chi connectivity index (χ1) is 7.22. The molecule has 0 aliphatic rings. The van der Waals surface area contributed by atoms with Gasteiger partial charge in [-0.2, -0.15) is 0 Å². The van der Waals surface area contributed by atoms with Crippen molar-refractivity contribution < 1.29 is 4.74 Å². The van der Waals surface area contributed by atoms with Gasteiger partial charge in [-0.3, -0.25) is 0 Å². The van der Waals surface area contributed by atoms with Gasteiger partial charge >= 0.3 is 0 Å². The summed E-state index contributed by atoms with van der Waals surface area (Å²) < 4.78 is 5.30. The third-order valence-electron chi connectivity index (χ3n) is 2.61. The fourth-order valence-corrected chi connectivity index (χ4v) is 1.73. The van der Waals surface area contributed by atoms with Crippen LogP contribution in [0.25, 0.3) is 10.8 Å². The third kappa shape index (κ3) is 1.81. The van der Waals surface area contributed by atoms with E-state index in [-0.39, 0.29) is 6.04 Å². The minimum atomic E-state index is 0.0700. The van der Waals surface area contributed by atoms with Crippen molar-refractivity contribution >= 4 is 10.8 Å². The number of hydrogen-bond donors (Lipinski definition) is 1. The van der Waals surface area contributed by atoms with Gasteiger partial charge in [0.2, 0.25) is 0 Å². The Hall–Kier alpha value is -1.54. The second-order valence-corrected chi connectivity index (χ2v) is 3.73. The van der Waals surface area contributed by atoms with Crippen LogP contribution in [0.3, 0.4) is 0 Å². The van der Waals surface area contributed by atoms with Crippen LogP contribution in [-0.2, 0) is 0 Å². The zero-order valence-corrected chi connectivity index (χ0v) is 9.03. The van der Waals surface area contributed by atoms with Crippen molar-refractivity contribution in [3.05, 3.63) is 42.0 Å². The summed E-state index contributed by atoms with van der Waals surface area (Å²) in [6.45, 7) is 1.99. The molecule has 0 aromatic heterocycles. The summed E-state index contributed by atoms with van der Waals surface area (Å²) in [5.41, 5.74) is 6.99. The van der Waals surface area contributed by atoms with E-state index in [4.69, 9.17) is 10.5 Å². The summed E-state index contributed by atoms with van der Waals surface area (Å²) in [6, 6.07) is 12.3. The van der Waals surface area contributed by atoms with Gasteiger partial charge in [-0.05, 0) is 30.0 Å². The summed E-state index contributed by atoms with van der Waals surface area (Å²) in [6.07, 6.45) is 0. The molecule has 1 unspecified atom stereocenters. The van der Waals surface area contributed by atoms with Gasteiger partial charge in [0.15, 0.2) is 0 Å². The summed E-state index contributed by atoms with van der Waals surface area (Å²) in [4.78, 5) is 0. The topological polar surface area (TPSA) is 35.2 Å². The Morgan fingerprint density at radius 2 is 2.00 bits per heavy atom. The van der Waals surface area contributed by atoms with Gasteiger partial charge in [0.05, 0.1) is 7.11 Å². The Balaban J connectivity index is 2.63. The fraction of sp³-hybridized carbons (Fsp3) is 0.231. The van der Waals surface area contributed by atoms with Gasteiger partial charge in [0.25, 0.3) is 0 Å². The number of ether oxygens (including phenoxy) is 1.